The summed E-state index contributed by atoms with van der Waals surface area (Å²) in [4.78, 5) is 35.8. The van der Waals surface area contributed by atoms with Crippen LogP contribution in [0.5, 0.6) is 5.75 Å². The Hall–Kier alpha value is -2.46. The maximum Gasteiger partial charge on any atom is 0.244 e. The molecular weight excluding hydrogens is 362 g/mol. The van der Waals surface area contributed by atoms with E-state index in [9.17, 15) is 22.8 Å². The predicted molar refractivity (Wildman–Crippen MR) is 93.2 cm³/mol. The third-order valence-electron chi connectivity index (χ3n) is 3.77. The molecule has 1 aliphatic heterocycles. The Labute approximate surface area is 151 Å². The molecule has 0 aromatic heterocycles. The summed E-state index contributed by atoms with van der Waals surface area (Å²) in [5.41, 5.74) is 0.183. The molecule has 1 heterocycles. The second-order valence-electron chi connectivity index (χ2n) is 5.69. The number of imide groups is 1. The van der Waals surface area contributed by atoms with Crippen molar-refractivity contribution in [3.8, 4) is 5.75 Å². The van der Waals surface area contributed by atoms with Gasteiger partial charge < -0.3 is 10.1 Å². The highest BCUT2D eigenvalue weighted by molar-refractivity contribution is 7.89. The second-order valence-corrected chi connectivity index (χ2v) is 7.43. The fourth-order valence-corrected chi connectivity index (χ4v) is 3.78. The molecule has 0 atom stereocenters. The molecule has 1 aromatic rings. The highest BCUT2D eigenvalue weighted by Gasteiger charge is 2.29. The number of hydrogen-bond donors (Lipinski definition) is 2. The van der Waals surface area contributed by atoms with Gasteiger partial charge in [-0.1, -0.05) is 0 Å². The van der Waals surface area contributed by atoms with Gasteiger partial charge in [-0.2, -0.15) is 0 Å². The molecule has 142 valence electrons. The summed E-state index contributed by atoms with van der Waals surface area (Å²) in [6.07, 6.45) is 0.948. The molecule has 2 rings (SSSR count). The van der Waals surface area contributed by atoms with E-state index in [1.165, 1.54) is 32.2 Å². The van der Waals surface area contributed by atoms with Crippen LogP contribution in [0, 0.1) is 0 Å². The SMILES string of the molecule is COc1ccc(N2C(=O)CCCC2=O)cc1S(=O)(=O)NCCNC(C)=O. The highest BCUT2D eigenvalue weighted by Crippen LogP contribution is 2.30. The molecule has 0 unspecified atom stereocenters. The quantitative estimate of drug-likeness (QED) is 0.511. The van der Waals surface area contributed by atoms with Crippen molar-refractivity contribution in [2.24, 2.45) is 0 Å². The summed E-state index contributed by atoms with van der Waals surface area (Å²) in [7, 11) is -2.65. The molecule has 0 saturated carbocycles. The number of rotatable bonds is 7. The summed E-state index contributed by atoms with van der Waals surface area (Å²) in [6.45, 7) is 1.43. The van der Waals surface area contributed by atoms with E-state index in [0.717, 1.165) is 4.90 Å². The third-order valence-corrected chi connectivity index (χ3v) is 5.25. The summed E-state index contributed by atoms with van der Waals surface area (Å²) < 4.78 is 32.6. The van der Waals surface area contributed by atoms with Gasteiger partial charge in [0.1, 0.15) is 10.6 Å². The first-order chi connectivity index (χ1) is 12.3. The standard InChI is InChI=1S/C16H21N3O6S/c1-11(20)17-8-9-18-26(23,24)14-10-12(6-7-13(14)25-2)19-15(21)4-3-5-16(19)22/h6-7,10,18H,3-5,8-9H2,1-2H3,(H,17,20). The smallest absolute Gasteiger partial charge is 0.244 e. The average Bonchev–Trinajstić information content (AvgIpc) is 2.58. The van der Waals surface area contributed by atoms with E-state index in [0.29, 0.717) is 6.42 Å². The zero-order chi connectivity index (χ0) is 19.3. The minimum absolute atomic E-state index is 0.0170. The second kappa shape index (κ2) is 8.28. The van der Waals surface area contributed by atoms with Gasteiger partial charge in [-0.15, -0.1) is 0 Å². The number of piperidine rings is 1. The van der Waals surface area contributed by atoms with Crippen molar-refractivity contribution >= 4 is 33.4 Å². The lowest BCUT2D eigenvalue weighted by Gasteiger charge is -2.25. The fourth-order valence-electron chi connectivity index (χ4n) is 2.56. The van der Waals surface area contributed by atoms with Crippen molar-refractivity contribution in [2.45, 2.75) is 31.1 Å². The Morgan fingerprint density at radius 2 is 1.85 bits per heavy atom. The Bertz CT molecular complexity index is 805. The number of amides is 3. The lowest BCUT2D eigenvalue weighted by atomic mass is 10.1. The van der Waals surface area contributed by atoms with Crippen molar-refractivity contribution < 1.29 is 27.5 Å². The summed E-state index contributed by atoms with van der Waals surface area (Å²) >= 11 is 0. The van der Waals surface area contributed by atoms with Crippen LogP contribution >= 0.6 is 0 Å². The number of hydrogen-bond acceptors (Lipinski definition) is 6. The number of methoxy groups -OCH3 is 1. The van der Waals surface area contributed by atoms with Crippen LogP contribution in [-0.4, -0.2) is 46.3 Å². The molecule has 0 bridgehead atoms. The molecule has 0 spiro atoms. The van der Waals surface area contributed by atoms with E-state index in [2.05, 4.69) is 10.0 Å². The van der Waals surface area contributed by atoms with Crippen LogP contribution in [0.4, 0.5) is 5.69 Å². The average molecular weight is 383 g/mol. The minimum Gasteiger partial charge on any atom is -0.495 e. The van der Waals surface area contributed by atoms with Crippen molar-refractivity contribution in [3.63, 3.8) is 0 Å². The van der Waals surface area contributed by atoms with Crippen LogP contribution in [-0.2, 0) is 24.4 Å². The van der Waals surface area contributed by atoms with E-state index in [1.807, 2.05) is 0 Å². The molecule has 1 aromatic carbocycles. The minimum atomic E-state index is -3.97. The first-order valence-electron chi connectivity index (χ1n) is 8.04. The van der Waals surface area contributed by atoms with Gasteiger partial charge in [-0.05, 0) is 24.6 Å². The summed E-state index contributed by atoms with van der Waals surface area (Å²) in [6, 6.07) is 4.10. The number of anilines is 1. The molecule has 1 saturated heterocycles. The van der Waals surface area contributed by atoms with Crippen LogP contribution in [0.1, 0.15) is 26.2 Å². The Morgan fingerprint density at radius 3 is 2.42 bits per heavy atom. The zero-order valence-electron chi connectivity index (χ0n) is 14.6. The van der Waals surface area contributed by atoms with E-state index in [4.69, 9.17) is 4.74 Å². The lowest BCUT2D eigenvalue weighted by Crippen LogP contribution is -2.40. The van der Waals surface area contributed by atoms with E-state index in [-0.39, 0.29) is 60.0 Å². The number of benzene rings is 1. The number of nitrogens with one attached hydrogen (secondary N) is 2. The van der Waals surface area contributed by atoms with Crippen molar-refractivity contribution in [3.05, 3.63) is 18.2 Å². The van der Waals surface area contributed by atoms with Gasteiger partial charge in [-0.25, -0.2) is 13.1 Å². The zero-order valence-corrected chi connectivity index (χ0v) is 15.4. The molecule has 0 aliphatic carbocycles. The van der Waals surface area contributed by atoms with Gasteiger partial charge in [0.05, 0.1) is 12.8 Å². The van der Waals surface area contributed by atoms with Crippen molar-refractivity contribution in [1.29, 1.82) is 0 Å². The Balaban J connectivity index is 2.30. The van der Waals surface area contributed by atoms with Crippen LogP contribution in [0.15, 0.2) is 23.1 Å². The Kier molecular flexibility index (Phi) is 6.32. The number of nitrogens with zero attached hydrogens (tertiary/aromatic N) is 1. The van der Waals surface area contributed by atoms with E-state index >= 15 is 0 Å². The summed E-state index contributed by atoms with van der Waals surface area (Å²) in [5, 5.41) is 2.48. The maximum atomic E-state index is 12.6. The fraction of sp³-hybridized carbons (Fsp3) is 0.438. The van der Waals surface area contributed by atoms with Gasteiger partial charge in [0.15, 0.2) is 0 Å². The molecule has 9 nitrogen and oxygen atoms in total. The first kappa shape index (κ1) is 19.9. The Morgan fingerprint density at radius 1 is 1.19 bits per heavy atom. The van der Waals surface area contributed by atoms with Gasteiger partial charge in [-0.3, -0.25) is 19.3 Å². The largest absolute Gasteiger partial charge is 0.495 e. The molecule has 1 aliphatic rings. The summed E-state index contributed by atoms with van der Waals surface area (Å²) in [5.74, 6) is -0.926. The molecule has 2 N–H and O–H groups in total. The first-order valence-corrected chi connectivity index (χ1v) is 9.52. The molecule has 10 heteroatoms. The van der Waals surface area contributed by atoms with Crippen molar-refractivity contribution in [2.75, 3.05) is 25.1 Å². The van der Waals surface area contributed by atoms with Crippen LogP contribution in [0.3, 0.4) is 0 Å². The number of carbonyl (C=O) groups excluding carboxylic acids is 3. The highest BCUT2D eigenvalue weighted by atomic mass is 32.2. The van der Waals surface area contributed by atoms with Crippen LogP contribution in [0.2, 0.25) is 0 Å². The number of sulfonamides is 1. The monoisotopic (exact) mass is 383 g/mol. The van der Waals surface area contributed by atoms with Crippen LogP contribution < -0.4 is 19.7 Å². The van der Waals surface area contributed by atoms with Gasteiger partial charge in [0, 0.05) is 32.9 Å². The molecular formula is C16H21N3O6S. The van der Waals surface area contributed by atoms with E-state index in [1.54, 1.807) is 0 Å². The molecule has 26 heavy (non-hydrogen) atoms. The van der Waals surface area contributed by atoms with Gasteiger partial charge >= 0.3 is 0 Å². The number of carbonyl (C=O) groups is 3. The molecule has 0 radical (unpaired) electrons. The van der Waals surface area contributed by atoms with Crippen LogP contribution in [0.25, 0.3) is 0 Å². The number of ether oxygens (including phenoxy) is 1. The van der Waals surface area contributed by atoms with Crippen molar-refractivity contribution in [1.82, 2.24) is 10.0 Å². The molecule has 3 amide bonds. The van der Waals surface area contributed by atoms with Gasteiger partial charge in [0.2, 0.25) is 27.7 Å². The normalized spacial score (nSPS) is 15.1. The predicted octanol–water partition coefficient (Wildman–Crippen LogP) is 0.153. The third kappa shape index (κ3) is 4.58. The van der Waals surface area contributed by atoms with E-state index < -0.39 is 10.0 Å². The van der Waals surface area contributed by atoms with Gasteiger partial charge in [0.25, 0.3) is 0 Å². The topological polar surface area (TPSA) is 122 Å². The lowest BCUT2D eigenvalue weighted by molar-refractivity contribution is -0.129. The maximum absolute atomic E-state index is 12.6. The molecule has 1 fully saturated rings.